The van der Waals surface area contributed by atoms with Crippen molar-refractivity contribution in [1.82, 2.24) is 14.4 Å². The number of imidazole rings is 1. The molecular formula is C22H41N4+. The Kier molecular flexibility index (Phi) is 10.3. The van der Waals surface area contributed by atoms with Crippen LogP contribution in [0.15, 0.2) is 31.1 Å². The number of unbranched alkanes of at least 4 members (excludes halogenated alkanes) is 7. The first-order valence-corrected chi connectivity index (χ1v) is 11.0. The van der Waals surface area contributed by atoms with Gasteiger partial charge in [-0.25, -0.2) is 9.13 Å². The maximum Gasteiger partial charge on any atom is 0.243 e. The zero-order valence-electron chi connectivity index (χ0n) is 17.3. The van der Waals surface area contributed by atoms with Gasteiger partial charge in [0.1, 0.15) is 12.4 Å². The fourth-order valence-electron chi connectivity index (χ4n) is 3.53. The lowest BCUT2D eigenvalue weighted by atomic mass is 10.1. The van der Waals surface area contributed by atoms with Gasteiger partial charge in [0.05, 0.1) is 19.8 Å². The summed E-state index contributed by atoms with van der Waals surface area (Å²) in [6.45, 7) is 10.4. The Balaban J connectivity index is 1.40. The lowest BCUT2D eigenvalue weighted by molar-refractivity contribution is -0.696. The quantitative estimate of drug-likeness (QED) is 0.330. The molecule has 2 rings (SSSR count). The van der Waals surface area contributed by atoms with E-state index in [1.807, 2.05) is 0 Å². The molecule has 0 bridgehead atoms. The molecule has 0 saturated heterocycles. The summed E-state index contributed by atoms with van der Waals surface area (Å²) in [5.74, 6) is 0. The number of aryl methyl sites for hydroxylation is 2. The molecule has 0 fully saturated rings. The van der Waals surface area contributed by atoms with Gasteiger partial charge >= 0.3 is 0 Å². The second kappa shape index (κ2) is 12.8. The molecule has 0 saturated carbocycles. The third-order valence-electron chi connectivity index (χ3n) is 5.28. The van der Waals surface area contributed by atoms with Gasteiger partial charge in [0.2, 0.25) is 6.33 Å². The van der Waals surface area contributed by atoms with Crippen LogP contribution >= 0.6 is 0 Å². The molecule has 1 aliphatic rings. The molecule has 1 aromatic rings. The Labute approximate surface area is 161 Å². The Morgan fingerprint density at radius 1 is 0.731 bits per heavy atom. The summed E-state index contributed by atoms with van der Waals surface area (Å²) in [5.41, 5.74) is 0. The van der Waals surface area contributed by atoms with Crippen LogP contribution in [0.4, 0.5) is 0 Å². The van der Waals surface area contributed by atoms with Crippen molar-refractivity contribution in [3.8, 4) is 0 Å². The molecule has 0 atom stereocenters. The highest BCUT2D eigenvalue weighted by molar-refractivity contribution is 4.90. The first-order chi connectivity index (χ1) is 12.8. The van der Waals surface area contributed by atoms with Crippen LogP contribution in [0.3, 0.4) is 0 Å². The molecule has 0 spiro atoms. The highest BCUT2D eigenvalue weighted by Crippen LogP contribution is 2.11. The van der Waals surface area contributed by atoms with Gasteiger partial charge < -0.3 is 9.80 Å². The van der Waals surface area contributed by atoms with Crippen molar-refractivity contribution in [1.29, 1.82) is 0 Å². The van der Waals surface area contributed by atoms with Crippen molar-refractivity contribution in [2.45, 2.75) is 91.1 Å². The Morgan fingerprint density at radius 3 is 2.04 bits per heavy atom. The van der Waals surface area contributed by atoms with Crippen LogP contribution in [-0.4, -0.2) is 34.1 Å². The fraction of sp³-hybridized carbons (Fsp3) is 0.773. The molecule has 0 amide bonds. The summed E-state index contributed by atoms with van der Waals surface area (Å²) in [5, 5.41) is 0. The molecule has 1 aromatic heterocycles. The number of aromatic nitrogens is 2. The lowest BCUT2D eigenvalue weighted by Gasteiger charge is -2.21. The van der Waals surface area contributed by atoms with Crippen molar-refractivity contribution in [3.05, 3.63) is 31.1 Å². The van der Waals surface area contributed by atoms with Crippen LogP contribution in [0.1, 0.15) is 78.1 Å². The number of hydrogen-bond donors (Lipinski definition) is 0. The number of hydrogen-bond acceptors (Lipinski definition) is 2. The van der Waals surface area contributed by atoms with Gasteiger partial charge in [-0.05, 0) is 32.1 Å². The molecule has 0 N–H and O–H groups in total. The van der Waals surface area contributed by atoms with Gasteiger partial charge in [-0.3, -0.25) is 0 Å². The molecule has 4 heteroatoms. The Bertz CT molecular complexity index is 494. The van der Waals surface area contributed by atoms with Crippen molar-refractivity contribution >= 4 is 0 Å². The van der Waals surface area contributed by atoms with Gasteiger partial charge in [-0.1, -0.05) is 46.0 Å². The van der Waals surface area contributed by atoms with E-state index in [0.717, 1.165) is 13.2 Å². The minimum Gasteiger partial charge on any atom is -0.359 e. The van der Waals surface area contributed by atoms with E-state index in [1.54, 1.807) is 0 Å². The molecule has 0 aromatic carbocycles. The highest BCUT2D eigenvalue weighted by Gasteiger charge is 2.10. The fourth-order valence-corrected chi connectivity index (χ4v) is 3.53. The first-order valence-electron chi connectivity index (χ1n) is 11.0. The van der Waals surface area contributed by atoms with Gasteiger partial charge in [0.15, 0.2) is 0 Å². The predicted molar refractivity (Wildman–Crippen MR) is 110 cm³/mol. The maximum atomic E-state index is 2.47. The van der Waals surface area contributed by atoms with Crippen LogP contribution < -0.4 is 4.57 Å². The minimum atomic E-state index is 1.11. The second-order valence-corrected chi connectivity index (χ2v) is 7.78. The van der Waals surface area contributed by atoms with Crippen molar-refractivity contribution < 1.29 is 4.57 Å². The zero-order valence-corrected chi connectivity index (χ0v) is 17.3. The van der Waals surface area contributed by atoms with Crippen molar-refractivity contribution in [3.63, 3.8) is 0 Å². The molecule has 2 heterocycles. The minimum absolute atomic E-state index is 1.11. The van der Waals surface area contributed by atoms with Gasteiger partial charge in [0.25, 0.3) is 0 Å². The van der Waals surface area contributed by atoms with E-state index in [4.69, 9.17) is 0 Å². The smallest absolute Gasteiger partial charge is 0.243 e. The molecular weight excluding hydrogens is 320 g/mol. The predicted octanol–water partition coefficient (Wildman–Crippen LogP) is 4.76. The standard InChI is InChI=1S/C22H41N4/c1-3-5-13-23-17-19-25(21-23)15-11-9-7-8-10-12-16-26-20-18-24(22-26)14-6-4-2/h17-21H,3-16,22H2,1-2H3/q+1. The first kappa shape index (κ1) is 20.9. The highest BCUT2D eigenvalue weighted by atomic mass is 15.3. The molecule has 148 valence electrons. The third kappa shape index (κ3) is 8.29. The zero-order chi connectivity index (χ0) is 18.5. The summed E-state index contributed by atoms with van der Waals surface area (Å²) in [6.07, 6.45) is 24.5. The van der Waals surface area contributed by atoms with E-state index < -0.39 is 0 Å². The molecule has 1 aliphatic heterocycles. The van der Waals surface area contributed by atoms with E-state index >= 15 is 0 Å². The molecule has 26 heavy (non-hydrogen) atoms. The topological polar surface area (TPSA) is 15.3 Å². The van der Waals surface area contributed by atoms with Crippen LogP contribution in [0, 0.1) is 0 Å². The summed E-state index contributed by atoms with van der Waals surface area (Å²) >= 11 is 0. The van der Waals surface area contributed by atoms with Crippen molar-refractivity contribution in [2.24, 2.45) is 0 Å². The van der Waals surface area contributed by atoms with Crippen LogP contribution in [0.5, 0.6) is 0 Å². The summed E-state index contributed by atoms with van der Waals surface area (Å²) in [4.78, 5) is 4.91. The largest absolute Gasteiger partial charge is 0.359 e. The second-order valence-electron chi connectivity index (χ2n) is 7.78. The molecule has 0 unspecified atom stereocenters. The Hall–Kier alpha value is -1.45. The van der Waals surface area contributed by atoms with E-state index in [9.17, 15) is 0 Å². The average Bonchev–Trinajstić information content (AvgIpc) is 3.29. The maximum absolute atomic E-state index is 2.47. The van der Waals surface area contributed by atoms with Crippen LogP contribution in [0.25, 0.3) is 0 Å². The number of nitrogens with zero attached hydrogens (tertiary/aromatic N) is 4. The van der Waals surface area contributed by atoms with Gasteiger partial charge in [0, 0.05) is 25.5 Å². The van der Waals surface area contributed by atoms with E-state index in [1.165, 1.54) is 83.8 Å². The van der Waals surface area contributed by atoms with E-state index in [2.05, 4.69) is 63.9 Å². The van der Waals surface area contributed by atoms with E-state index in [-0.39, 0.29) is 0 Å². The summed E-state index contributed by atoms with van der Waals surface area (Å²) in [6, 6.07) is 0. The normalized spacial score (nSPS) is 13.9. The van der Waals surface area contributed by atoms with Crippen LogP contribution in [0.2, 0.25) is 0 Å². The molecule has 0 aliphatic carbocycles. The average molecular weight is 362 g/mol. The summed E-state index contributed by atoms with van der Waals surface area (Å²) in [7, 11) is 0. The Morgan fingerprint density at radius 2 is 1.35 bits per heavy atom. The molecule has 4 nitrogen and oxygen atoms in total. The SMILES string of the molecule is CCCCN1C=CN(CCCCCCCCn2cc[n+](CCCC)c2)C1. The molecule has 0 radical (unpaired) electrons. The van der Waals surface area contributed by atoms with Crippen LogP contribution in [-0.2, 0) is 13.1 Å². The van der Waals surface area contributed by atoms with Gasteiger partial charge in [-0.2, -0.15) is 0 Å². The summed E-state index contributed by atoms with van der Waals surface area (Å²) < 4.78 is 4.67. The third-order valence-corrected chi connectivity index (χ3v) is 5.28. The number of rotatable bonds is 15. The van der Waals surface area contributed by atoms with E-state index in [0.29, 0.717) is 0 Å². The monoisotopic (exact) mass is 361 g/mol. The van der Waals surface area contributed by atoms with Crippen molar-refractivity contribution in [2.75, 3.05) is 19.8 Å². The lowest BCUT2D eigenvalue weighted by Crippen LogP contribution is -2.30. The van der Waals surface area contributed by atoms with Gasteiger partial charge in [-0.15, -0.1) is 0 Å².